The first-order valence-corrected chi connectivity index (χ1v) is 16.1. The van der Waals surface area contributed by atoms with E-state index in [4.69, 9.17) is 37.7 Å². The number of methoxy groups -OCH3 is 2. The highest BCUT2D eigenvalue weighted by atomic mass is 35.5. The third kappa shape index (κ3) is 8.20. The number of nitrogens with one attached hydrogen (secondary N) is 3. The second-order valence-electron chi connectivity index (χ2n) is 11.3. The molecule has 0 saturated carbocycles. The molecule has 2 amide bonds. The van der Waals surface area contributed by atoms with Crippen LogP contribution in [0, 0.1) is 0 Å². The van der Waals surface area contributed by atoms with Gasteiger partial charge >= 0.3 is 0 Å². The number of ether oxygens (including phenoxy) is 2. The largest absolute Gasteiger partial charge is 0.496 e. The van der Waals surface area contributed by atoms with Crippen LogP contribution < -0.4 is 25.4 Å². The van der Waals surface area contributed by atoms with Crippen LogP contribution in [0.25, 0.3) is 22.5 Å². The topological polar surface area (TPSA) is 151 Å². The monoisotopic (exact) mass is 693 g/mol. The van der Waals surface area contributed by atoms with E-state index >= 15 is 0 Å². The molecule has 1 unspecified atom stereocenters. The lowest BCUT2D eigenvalue weighted by atomic mass is 10.1. The standard InChI is InChI=1S/C34H37Cl2N7O5/c1-43(13-14-44)19-21-17-39-27(15-28(21)47-2)33(46)41-26-6-4-5-24(30(26)35)32-31(36)23(11-12-38-32)25-9-7-20(34(42-25)48-3)16-37-18-22-8-10-29(45)40-22/h4-7,9,11-12,15,17,22,37,44H,8,10,13-14,16,18-19H2,1-3H3,(H,40,45)(H,41,46). The number of amides is 2. The van der Waals surface area contributed by atoms with Gasteiger partial charge in [-0.2, -0.15) is 0 Å². The number of carbonyl (C=O) groups excluding carboxylic acids is 2. The molecule has 48 heavy (non-hydrogen) atoms. The number of likely N-dealkylation sites (N-methyl/N-ethyl adjacent to an activating group) is 1. The Morgan fingerprint density at radius 1 is 1.08 bits per heavy atom. The minimum Gasteiger partial charge on any atom is -0.496 e. The molecule has 1 aromatic carbocycles. The van der Waals surface area contributed by atoms with Crippen molar-refractivity contribution in [1.82, 2.24) is 30.5 Å². The smallest absolute Gasteiger partial charge is 0.274 e. The fraction of sp³-hybridized carbons (Fsp3) is 0.324. The first kappa shape index (κ1) is 35.0. The van der Waals surface area contributed by atoms with Crippen molar-refractivity contribution in [2.45, 2.75) is 32.0 Å². The minimum atomic E-state index is -0.478. The molecule has 14 heteroatoms. The predicted molar refractivity (Wildman–Crippen MR) is 185 cm³/mol. The maximum Gasteiger partial charge on any atom is 0.274 e. The van der Waals surface area contributed by atoms with Crippen LogP contribution in [0.3, 0.4) is 0 Å². The molecule has 1 aliphatic rings. The molecule has 252 valence electrons. The van der Waals surface area contributed by atoms with Crippen molar-refractivity contribution in [2.24, 2.45) is 0 Å². The summed E-state index contributed by atoms with van der Waals surface area (Å²) in [6.07, 6.45) is 4.57. The molecule has 1 fully saturated rings. The summed E-state index contributed by atoms with van der Waals surface area (Å²) >= 11 is 13.8. The summed E-state index contributed by atoms with van der Waals surface area (Å²) in [7, 11) is 4.95. The van der Waals surface area contributed by atoms with E-state index in [1.807, 2.05) is 24.1 Å². The number of halogens is 2. The van der Waals surface area contributed by atoms with Gasteiger partial charge in [0.15, 0.2) is 0 Å². The molecule has 0 bridgehead atoms. The summed E-state index contributed by atoms with van der Waals surface area (Å²) in [5.74, 6) is 0.551. The van der Waals surface area contributed by atoms with E-state index in [0.29, 0.717) is 77.5 Å². The Bertz CT molecular complexity index is 1790. The molecule has 0 spiro atoms. The van der Waals surface area contributed by atoms with Crippen molar-refractivity contribution in [3.63, 3.8) is 0 Å². The predicted octanol–water partition coefficient (Wildman–Crippen LogP) is 4.57. The molecular weight excluding hydrogens is 657 g/mol. The fourth-order valence-electron chi connectivity index (χ4n) is 5.41. The van der Waals surface area contributed by atoms with E-state index in [9.17, 15) is 14.7 Å². The molecule has 0 aliphatic carbocycles. The summed E-state index contributed by atoms with van der Waals surface area (Å²) < 4.78 is 11.1. The van der Waals surface area contributed by atoms with Gasteiger partial charge in [0, 0.05) is 79.4 Å². The van der Waals surface area contributed by atoms with Gasteiger partial charge in [0.2, 0.25) is 11.8 Å². The van der Waals surface area contributed by atoms with Gasteiger partial charge in [0.05, 0.1) is 47.9 Å². The molecule has 1 saturated heterocycles. The number of pyridine rings is 3. The second kappa shape index (κ2) is 16.2. The van der Waals surface area contributed by atoms with Crippen LogP contribution >= 0.6 is 23.2 Å². The number of nitrogens with zero attached hydrogens (tertiary/aromatic N) is 4. The van der Waals surface area contributed by atoms with Gasteiger partial charge in [-0.25, -0.2) is 4.98 Å². The number of anilines is 1. The molecule has 1 aliphatic heterocycles. The lowest BCUT2D eigenvalue weighted by Crippen LogP contribution is -2.35. The maximum absolute atomic E-state index is 13.2. The first-order valence-electron chi connectivity index (χ1n) is 15.3. The van der Waals surface area contributed by atoms with Crippen LogP contribution in [0.1, 0.15) is 34.5 Å². The number of aromatic nitrogens is 3. The van der Waals surface area contributed by atoms with Gasteiger partial charge in [-0.15, -0.1) is 0 Å². The minimum absolute atomic E-state index is 0.0268. The molecule has 0 radical (unpaired) electrons. The van der Waals surface area contributed by atoms with Gasteiger partial charge in [-0.05, 0) is 31.7 Å². The van der Waals surface area contributed by atoms with Crippen molar-refractivity contribution < 1.29 is 24.2 Å². The Hall–Kier alpha value is -4.33. The summed E-state index contributed by atoms with van der Waals surface area (Å²) in [4.78, 5) is 40.2. The molecule has 4 aromatic rings. The highest BCUT2D eigenvalue weighted by Gasteiger charge is 2.22. The third-order valence-electron chi connectivity index (χ3n) is 7.91. The Morgan fingerprint density at radius 2 is 1.92 bits per heavy atom. The highest BCUT2D eigenvalue weighted by Crippen LogP contribution is 2.40. The van der Waals surface area contributed by atoms with Crippen LogP contribution in [-0.4, -0.2) is 83.8 Å². The Balaban J connectivity index is 1.34. The third-order valence-corrected chi connectivity index (χ3v) is 8.70. The van der Waals surface area contributed by atoms with E-state index < -0.39 is 5.91 Å². The van der Waals surface area contributed by atoms with Crippen LogP contribution in [-0.2, 0) is 17.9 Å². The zero-order chi connectivity index (χ0) is 34.2. The number of rotatable bonds is 14. The zero-order valence-corrected chi connectivity index (χ0v) is 28.4. The van der Waals surface area contributed by atoms with E-state index in [-0.39, 0.29) is 29.3 Å². The number of hydrogen-bond acceptors (Lipinski definition) is 10. The number of aliphatic hydroxyl groups excluding tert-OH is 1. The average molecular weight is 695 g/mol. The van der Waals surface area contributed by atoms with E-state index in [0.717, 1.165) is 17.5 Å². The van der Waals surface area contributed by atoms with Crippen molar-refractivity contribution in [3.05, 3.63) is 81.7 Å². The van der Waals surface area contributed by atoms with Gasteiger partial charge in [-0.3, -0.25) is 24.5 Å². The molecule has 1 atom stereocenters. The normalized spacial score (nSPS) is 14.2. The van der Waals surface area contributed by atoms with Crippen molar-refractivity contribution in [2.75, 3.05) is 46.3 Å². The maximum atomic E-state index is 13.2. The van der Waals surface area contributed by atoms with E-state index in [2.05, 4.69) is 25.9 Å². The fourth-order valence-corrected chi connectivity index (χ4v) is 5.98. The Kier molecular flexibility index (Phi) is 11.8. The molecule has 4 heterocycles. The summed E-state index contributed by atoms with van der Waals surface area (Å²) in [6.45, 7) is 2.17. The number of carbonyl (C=O) groups is 2. The lowest BCUT2D eigenvalue weighted by molar-refractivity contribution is -0.119. The van der Waals surface area contributed by atoms with Crippen molar-refractivity contribution in [3.8, 4) is 34.1 Å². The highest BCUT2D eigenvalue weighted by molar-refractivity contribution is 6.39. The van der Waals surface area contributed by atoms with Crippen LogP contribution in [0.15, 0.2) is 54.9 Å². The number of hydrogen-bond donors (Lipinski definition) is 4. The van der Waals surface area contributed by atoms with Crippen LogP contribution in [0.4, 0.5) is 5.69 Å². The quantitative estimate of drug-likeness (QED) is 0.148. The summed E-state index contributed by atoms with van der Waals surface area (Å²) in [5.41, 5.74) is 4.27. The molecule has 4 N–H and O–H groups in total. The van der Waals surface area contributed by atoms with Crippen molar-refractivity contribution in [1.29, 1.82) is 0 Å². The number of aliphatic hydroxyl groups is 1. The van der Waals surface area contributed by atoms with Crippen LogP contribution in [0.2, 0.25) is 10.0 Å². The molecule has 3 aromatic heterocycles. The molecule has 5 rings (SSSR count). The van der Waals surface area contributed by atoms with Gasteiger partial charge in [-0.1, -0.05) is 41.4 Å². The zero-order valence-electron chi connectivity index (χ0n) is 26.8. The Labute approximate surface area is 288 Å². The SMILES string of the molecule is COc1cc(C(=O)Nc2cccc(-c3nccc(-c4ccc(CNCC5CCC(=O)N5)c(OC)n4)c3Cl)c2Cl)ncc1CN(C)CCO. The Morgan fingerprint density at radius 3 is 2.65 bits per heavy atom. The van der Waals surface area contributed by atoms with Crippen LogP contribution in [0.5, 0.6) is 11.6 Å². The first-order chi connectivity index (χ1) is 23.2. The van der Waals surface area contributed by atoms with Gasteiger partial charge in [0.1, 0.15) is 11.4 Å². The van der Waals surface area contributed by atoms with Gasteiger partial charge in [0.25, 0.3) is 5.91 Å². The average Bonchev–Trinajstić information content (AvgIpc) is 3.50. The van der Waals surface area contributed by atoms with Crippen molar-refractivity contribution >= 4 is 40.7 Å². The lowest BCUT2D eigenvalue weighted by Gasteiger charge is -2.17. The second-order valence-corrected chi connectivity index (χ2v) is 12.0. The number of benzene rings is 1. The summed E-state index contributed by atoms with van der Waals surface area (Å²) in [5, 5.41) is 18.9. The molecule has 12 nitrogen and oxygen atoms in total. The van der Waals surface area contributed by atoms with Gasteiger partial charge < -0.3 is 30.5 Å². The van der Waals surface area contributed by atoms with E-state index in [1.165, 1.54) is 7.11 Å². The molecular formula is C34H37Cl2N7O5. The van der Waals surface area contributed by atoms with E-state index in [1.54, 1.807) is 49.8 Å². The summed E-state index contributed by atoms with van der Waals surface area (Å²) in [6, 6.07) is 12.4.